The molecule has 2 aliphatic carbocycles. The van der Waals surface area contributed by atoms with Crippen LogP contribution in [-0.4, -0.2) is 4.98 Å². The van der Waals surface area contributed by atoms with Crippen LogP contribution in [0.25, 0.3) is 96.6 Å². The van der Waals surface area contributed by atoms with Gasteiger partial charge in [-0.05, 0) is 90.2 Å². The lowest BCUT2D eigenvalue weighted by Gasteiger charge is -2.40. The van der Waals surface area contributed by atoms with E-state index >= 15 is 0 Å². The van der Waals surface area contributed by atoms with Crippen molar-refractivity contribution < 1.29 is 0 Å². The van der Waals surface area contributed by atoms with Crippen molar-refractivity contribution in [2.45, 2.75) is 5.41 Å². The van der Waals surface area contributed by atoms with E-state index in [0.29, 0.717) is 0 Å². The lowest BCUT2D eigenvalue weighted by Crippen LogP contribution is -2.31. The minimum Gasteiger partial charge on any atom is -0.235 e. The number of thiazole rings is 1. The lowest BCUT2D eigenvalue weighted by atomic mass is 9.61. The molecule has 59 heavy (non-hydrogen) atoms. The summed E-state index contributed by atoms with van der Waals surface area (Å²) < 4.78 is 2.66. The zero-order chi connectivity index (χ0) is 38.7. The average molecular weight is 784 g/mol. The summed E-state index contributed by atoms with van der Waals surface area (Å²) >= 11 is 3.67. The number of hydrogen-bond donors (Lipinski definition) is 0. The Kier molecular flexibility index (Phi) is 7.04. The highest BCUT2D eigenvalue weighted by Crippen LogP contribution is 2.63. The summed E-state index contributed by atoms with van der Waals surface area (Å²) in [5.41, 5.74) is 17.2. The van der Waals surface area contributed by atoms with E-state index in [-0.39, 0.29) is 0 Å². The van der Waals surface area contributed by atoms with Gasteiger partial charge in [0.25, 0.3) is 0 Å². The maximum absolute atomic E-state index is 5.27. The van der Waals surface area contributed by atoms with Crippen LogP contribution in [0.2, 0.25) is 0 Å². The van der Waals surface area contributed by atoms with Crippen LogP contribution in [0.15, 0.2) is 200 Å². The van der Waals surface area contributed by atoms with E-state index in [9.17, 15) is 0 Å². The first-order valence-corrected chi connectivity index (χ1v) is 21.8. The summed E-state index contributed by atoms with van der Waals surface area (Å²) in [6.07, 6.45) is 0. The Bertz CT molecular complexity index is 3380. The molecule has 0 saturated carbocycles. The van der Waals surface area contributed by atoms with Gasteiger partial charge in [-0.1, -0.05) is 182 Å². The van der Waals surface area contributed by atoms with Gasteiger partial charge in [0, 0.05) is 31.3 Å². The van der Waals surface area contributed by atoms with E-state index in [1.54, 1.807) is 11.3 Å². The van der Waals surface area contributed by atoms with Crippen molar-refractivity contribution in [1.29, 1.82) is 0 Å². The molecule has 274 valence electrons. The van der Waals surface area contributed by atoms with Crippen LogP contribution in [0.1, 0.15) is 22.3 Å². The maximum Gasteiger partial charge on any atom is 0.124 e. The van der Waals surface area contributed by atoms with Crippen molar-refractivity contribution >= 4 is 53.6 Å². The van der Waals surface area contributed by atoms with Gasteiger partial charge in [0.05, 0.1) is 16.0 Å². The highest BCUT2D eigenvalue weighted by molar-refractivity contribution is 7.25. The summed E-state index contributed by atoms with van der Waals surface area (Å²) in [6.45, 7) is 0. The van der Waals surface area contributed by atoms with Crippen molar-refractivity contribution in [3.8, 4) is 65.6 Å². The Labute approximate surface area is 350 Å². The third kappa shape index (κ3) is 4.63. The van der Waals surface area contributed by atoms with Crippen molar-refractivity contribution in [2.24, 2.45) is 0 Å². The summed E-state index contributed by atoms with van der Waals surface area (Å²) in [5.74, 6) is 0. The van der Waals surface area contributed by atoms with Gasteiger partial charge in [0.2, 0.25) is 0 Å². The van der Waals surface area contributed by atoms with E-state index in [1.807, 2.05) is 11.3 Å². The molecule has 0 unspecified atom stereocenters. The fourth-order valence-electron chi connectivity index (χ4n) is 10.3. The molecule has 2 heterocycles. The normalized spacial score (nSPS) is 13.2. The lowest BCUT2D eigenvalue weighted by molar-refractivity contribution is 0.775. The smallest absolute Gasteiger partial charge is 0.124 e. The zero-order valence-electron chi connectivity index (χ0n) is 31.8. The van der Waals surface area contributed by atoms with Gasteiger partial charge in [0.15, 0.2) is 0 Å². The number of rotatable bonds is 4. The molecule has 13 rings (SSSR count). The van der Waals surface area contributed by atoms with Gasteiger partial charge in [-0.2, -0.15) is 0 Å². The van der Waals surface area contributed by atoms with Crippen LogP contribution >= 0.6 is 22.7 Å². The second kappa shape index (κ2) is 12.5. The van der Waals surface area contributed by atoms with Crippen molar-refractivity contribution in [3.63, 3.8) is 0 Å². The molecule has 0 N–H and O–H groups in total. The molecule has 0 fully saturated rings. The topological polar surface area (TPSA) is 12.9 Å². The Hall–Kier alpha value is -6.91. The Morgan fingerprint density at radius 1 is 0.339 bits per heavy atom. The highest BCUT2D eigenvalue weighted by atomic mass is 32.1. The summed E-state index contributed by atoms with van der Waals surface area (Å²) in [4.78, 5) is 6.47. The molecule has 0 bridgehead atoms. The predicted octanol–water partition coefficient (Wildman–Crippen LogP) is 15.7. The van der Waals surface area contributed by atoms with Gasteiger partial charge in [-0.15, -0.1) is 22.7 Å². The monoisotopic (exact) mass is 783 g/mol. The van der Waals surface area contributed by atoms with Crippen LogP contribution in [0, 0.1) is 0 Å². The molecule has 9 aromatic carbocycles. The average Bonchev–Trinajstić information content (AvgIpc) is 4.00. The molecular formula is C56H33NS2. The van der Waals surface area contributed by atoms with E-state index in [4.69, 9.17) is 4.98 Å². The first kappa shape index (κ1) is 33.1. The number of fused-ring (bicyclic) bond motifs is 12. The van der Waals surface area contributed by atoms with Gasteiger partial charge >= 0.3 is 0 Å². The minimum atomic E-state index is -0.466. The number of hydrogen-bond acceptors (Lipinski definition) is 3. The van der Waals surface area contributed by atoms with E-state index in [0.717, 1.165) is 21.8 Å². The quantitative estimate of drug-likeness (QED) is 0.173. The molecule has 2 aromatic heterocycles. The van der Waals surface area contributed by atoms with Crippen molar-refractivity contribution in [3.05, 3.63) is 222 Å². The minimum absolute atomic E-state index is 0.466. The first-order chi connectivity index (χ1) is 29.3. The molecule has 1 spiro atoms. The van der Waals surface area contributed by atoms with Gasteiger partial charge in [-0.3, -0.25) is 0 Å². The third-order valence-corrected chi connectivity index (χ3v) is 15.0. The molecule has 0 atom stereocenters. The second-order valence-electron chi connectivity index (χ2n) is 15.7. The largest absolute Gasteiger partial charge is 0.235 e. The van der Waals surface area contributed by atoms with Gasteiger partial charge in [0.1, 0.15) is 5.01 Å². The Balaban J connectivity index is 1.03. The molecule has 3 heteroatoms. The number of benzene rings is 9. The van der Waals surface area contributed by atoms with Gasteiger partial charge < -0.3 is 0 Å². The van der Waals surface area contributed by atoms with E-state index in [2.05, 4.69) is 200 Å². The maximum atomic E-state index is 5.27. The van der Waals surface area contributed by atoms with E-state index < -0.39 is 5.41 Å². The number of nitrogens with zero attached hydrogens (tertiary/aromatic N) is 1. The standard InChI is InChI=1S/C56H33NS2/c1-3-14-35(15-4-1)53-54(36-16-5-2-6-17-36)59-55(57-53)37-28-26-34(27-29-37)38-30-31-43-44-33-51-45(41-20-9-12-25-50(41)58-51)32-49(44)56(48-24-13-21-42(38)52(43)48)46-22-10-7-18-39(46)40-19-8-11-23-47(40)56/h1-33H. The fourth-order valence-corrected chi connectivity index (χ4v) is 12.5. The Morgan fingerprint density at radius 2 is 0.949 bits per heavy atom. The molecule has 0 saturated heterocycles. The van der Waals surface area contributed by atoms with E-state index in [1.165, 1.54) is 97.0 Å². The molecule has 0 radical (unpaired) electrons. The Morgan fingerprint density at radius 3 is 1.71 bits per heavy atom. The molecular weight excluding hydrogens is 751 g/mol. The first-order valence-electron chi connectivity index (χ1n) is 20.2. The van der Waals surface area contributed by atoms with Crippen molar-refractivity contribution in [2.75, 3.05) is 0 Å². The van der Waals surface area contributed by atoms with Crippen LogP contribution in [-0.2, 0) is 5.41 Å². The van der Waals surface area contributed by atoms with Crippen LogP contribution in [0.5, 0.6) is 0 Å². The van der Waals surface area contributed by atoms with Crippen LogP contribution in [0.4, 0.5) is 0 Å². The fraction of sp³-hybridized carbons (Fsp3) is 0.0179. The molecule has 2 aliphatic rings. The summed E-state index contributed by atoms with van der Waals surface area (Å²) in [5, 5.41) is 6.32. The third-order valence-electron chi connectivity index (χ3n) is 12.8. The van der Waals surface area contributed by atoms with Crippen LogP contribution in [0.3, 0.4) is 0 Å². The second-order valence-corrected chi connectivity index (χ2v) is 17.8. The summed E-state index contributed by atoms with van der Waals surface area (Å²) in [6, 6.07) is 74.3. The number of aromatic nitrogens is 1. The zero-order valence-corrected chi connectivity index (χ0v) is 33.4. The van der Waals surface area contributed by atoms with Crippen molar-refractivity contribution in [1.82, 2.24) is 4.98 Å². The molecule has 11 aromatic rings. The predicted molar refractivity (Wildman–Crippen MR) is 251 cm³/mol. The highest BCUT2D eigenvalue weighted by Gasteiger charge is 2.50. The molecule has 1 nitrogen and oxygen atoms in total. The number of thiophene rings is 1. The molecule has 0 aliphatic heterocycles. The molecule has 0 amide bonds. The van der Waals surface area contributed by atoms with Gasteiger partial charge in [-0.25, -0.2) is 4.98 Å². The van der Waals surface area contributed by atoms with Crippen LogP contribution < -0.4 is 0 Å². The SMILES string of the molecule is c1ccc(-c2nc(-c3ccc(-c4ccc5c6c(cccc46)C4(c6ccccc6-c6ccccc64)c4cc6c(cc4-5)sc4ccccc46)cc3)sc2-c2ccccc2)cc1. The summed E-state index contributed by atoms with van der Waals surface area (Å²) in [7, 11) is 0.